The third-order valence-corrected chi connectivity index (χ3v) is 7.56. The number of aliphatic hydroxyl groups excluding tert-OH is 1. The van der Waals surface area contributed by atoms with Crippen LogP contribution < -0.4 is 4.90 Å². The summed E-state index contributed by atoms with van der Waals surface area (Å²) in [7, 11) is 0. The van der Waals surface area contributed by atoms with Crippen LogP contribution >= 0.6 is 11.6 Å². The van der Waals surface area contributed by atoms with Crippen LogP contribution in [0.25, 0.3) is 10.9 Å². The molecule has 0 bridgehead atoms. The molecule has 1 saturated carbocycles. The van der Waals surface area contributed by atoms with Crippen LogP contribution in [0, 0.1) is 6.92 Å². The molecular formula is C30H30ClN3O3. The van der Waals surface area contributed by atoms with E-state index in [2.05, 4.69) is 4.98 Å². The van der Waals surface area contributed by atoms with Crippen molar-refractivity contribution in [2.24, 2.45) is 0 Å². The fraction of sp³-hybridized carbons (Fsp3) is 0.300. The van der Waals surface area contributed by atoms with Gasteiger partial charge in [0.25, 0.3) is 5.91 Å². The molecule has 37 heavy (non-hydrogen) atoms. The molecule has 7 heteroatoms. The van der Waals surface area contributed by atoms with E-state index in [-0.39, 0.29) is 30.9 Å². The Bertz CT molecular complexity index is 1420. The molecule has 6 nitrogen and oxygen atoms in total. The first kappa shape index (κ1) is 25.2. The smallest absolute Gasteiger partial charge is 0.262 e. The second-order valence-corrected chi connectivity index (χ2v) is 10.1. The van der Waals surface area contributed by atoms with E-state index in [1.54, 1.807) is 41.1 Å². The van der Waals surface area contributed by atoms with Crippen LogP contribution in [0.5, 0.6) is 0 Å². The summed E-state index contributed by atoms with van der Waals surface area (Å²) in [6, 6.07) is 18.1. The number of hydrogen-bond acceptors (Lipinski definition) is 4. The Labute approximate surface area is 221 Å². The van der Waals surface area contributed by atoms with Gasteiger partial charge in [0.2, 0.25) is 5.91 Å². The normalized spacial score (nSPS) is 14.1. The Morgan fingerprint density at radius 1 is 1.05 bits per heavy atom. The number of amides is 1. The first-order valence-corrected chi connectivity index (χ1v) is 13.1. The maximum Gasteiger partial charge on any atom is 0.262 e. The number of anilines is 1. The van der Waals surface area contributed by atoms with Gasteiger partial charge in [0.15, 0.2) is 0 Å². The lowest BCUT2D eigenvalue weighted by Gasteiger charge is -2.33. The van der Waals surface area contributed by atoms with Gasteiger partial charge in [-0.25, -0.2) is 4.98 Å². The van der Waals surface area contributed by atoms with Crippen molar-refractivity contribution in [1.29, 1.82) is 0 Å². The van der Waals surface area contributed by atoms with E-state index in [1.807, 2.05) is 42.2 Å². The van der Waals surface area contributed by atoms with Crippen molar-refractivity contribution in [2.75, 3.05) is 4.90 Å². The number of fused-ring (bicyclic) bond motifs is 1. The zero-order valence-corrected chi connectivity index (χ0v) is 21.6. The molecule has 2 aromatic carbocycles. The molecule has 2 aromatic heterocycles. The molecule has 0 radical (unpaired) electrons. The largest absolute Gasteiger partial charge is 0.392 e. The highest BCUT2D eigenvalue weighted by atomic mass is 35.5. The average Bonchev–Trinajstić information content (AvgIpc) is 3.20. The topological polar surface area (TPSA) is 75.4 Å². The van der Waals surface area contributed by atoms with Gasteiger partial charge in [-0.15, -0.1) is 0 Å². The van der Waals surface area contributed by atoms with E-state index in [4.69, 9.17) is 11.6 Å². The van der Waals surface area contributed by atoms with Crippen LogP contribution in [-0.2, 0) is 17.8 Å². The Kier molecular flexibility index (Phi) is 7.40. The number of aromatic nitrogens is 2. The second kappa shape index (κ2) is 10.9. The molecule has 0 spiro atoms. The lowest BCUT2D eigenvalue weighted by Crippen LogP contribution is -2.43. The van der Waals surface area contributed by atoms with Gasteiger partial charge in [-0.2, -0.15) is 0 Å². The summed E-state index contributed by atoms with van der Waals surface area (Å²) in [6.07, 6.45) is 7.12. The molecule has 0 saturated heterocycles. The number of carbonyl (C=O) groups excluding carboxylic acids is 2. The minimum Gasteiger partial charge on any atom is -0.392 e. The van der Waals surface area contributed by atoms with Crippen molar-refractivity contribution in [1.82, 2.24) is 9.55 Å². The van der Waals surface area contributed by atoms with Crippen molar-refractivity contribution in [3.8, 4) is 0 Å². The molecular weight excluding hydrogens is 486 g/mol. The highest BCUT2D eigenvalue weighted by Gasteiger charge is 2.30. The number of hydrogen-bond donors (Lipinski definition) is 1. The Morgan fingerprint density at radius 2 is 1.81 bits per heavy atom. The maximum atomic E-state index is 14.0. The van der Waals surface area contributed by atoms with Crippen molar-refractivity contribution in [3.63, 3.8) is 0 Å². The number of halogens is 1. The summed E-state index contributed by atoms with van der Waals surface area (Å²) in [4.78, 5) is 34.0. The zero-order valence-electron chi connectivity index (χ0n) is 20.9. The molecule has 1 amide bonds. The number of rotatable bonds is 6. The summed E-state index contributed by atoms with van der Waals surface area (Å²) in [5.41, 5.74) is 3.44. The molecule has 1 fully saturated rings. The van der Waals surface area contributed by atoms with Crippen molar-refractivity contribution in [3.05, 3.63) is 94.3 Å². The van der Waals surface area contributed by atoms with E-state index in [1.165, 1.54) is 6.42 Å². The van der Waals surface area contributed by atoms with Gasteiger partial charge >= 0.3 is 0 Å². The molecule has 5 rings (SSSR count). The van der Waals surface area contributed by atoms with Crippen LogP contribution in [0.2, 0.25) is 5.02 Å². The predicted octanol–water partition coefficient (Wildman–Crippen LogP) is 6.09. The summed E-state index contributed by atoms with van der Waals surface area (Å²) >= 11 is 6.04. The fourth-order valence-corrected chi connectivity index (χ4v) is 5.55. The maximum absolute atomic E-state index is 14.0. The average molecular weight is 516 g/mol. The molecule has 0 unspecified atom stereocenters. The molecule has 0 atom stereocenters. The Hall–Kier alpha value is -3.48. The third-order valence-electron chi connectivity index (χ3n) is 7.31. The molecule has 4 aromatic rings. The summed E-state index contributed by atoms with van der Waals surface area (Å²) in [5, 5.41) is 11.1. The second-order valence-electron chi connectivity index (χ2n) is 9.64. The van der Waals surface area contributed by atoms with Gasteiger partial charge in [-0.05, 0) is 79.4 Å². The predicted molar refractivity (Wildman–Crippen MR) is 146 cm³/mol. The van der Waals surface area contributed by atoms with Crippen LogP contribution in [0.15, 0.2) is 66.9 Å². The molecule has 1 aliphatic rings. The number of benzene rings is 2. The molecule has 0 aliphatic heterocycles. The number of carbonyl (C=O) groups is 2. The third kappa shape index (κ3) is 5.04. The first-order chi connectivity index (χ1) is 18.0. The summed E-state index contributed by atoms with van der Waals surface area (Å²) < 4.78 is 1.66. The molecule has 1 N–H and O–H groups in total. The minimum atomic E-state index is -0.191. The van der Waals surface area contributed by atoms with Gasteiger partial charge < -0.3 is 5.11 Å². The SMILES string of the molecule is Cc1c(CC(=O)N(c2ccccn2)C2CCCCC2)c2cc(CO)ccc2n1C(=O)c1ccc(Cl)cc1. The van der Waals surface area contributed by atoms with Crippen LogP contribution in [0.3, 0.4) is 0 Å². The van der Waals surface area contributed by atoms with E-state index in [9.17, 15) is 14.7 Å². The standard InChI is InChI=1S/C30H30ClN3O3/c1-20-25(18-29(36)34(24-7-3-2-4-8-24)28-9-5-6-16-32-28)26-17-21(19-35)10-15-27(26)33(20)30(37)22-11-13-23(31)14-12-22/h5-6,9-17,24,35H,2-4,7-8,18-19H2,1H3. The first-order valence-electron chi connectivity index (χ1n) is 12.7. The van der Waals surface area contributed by atoms with E-state index in [0.29, 0.717) is 27.6 Å². The zero-order chi connectivity index (χ0) is 25.9. The summed E-state index contributed by atoms with van der Waals surface area (Å²) in [5.74, 6) is 0.429. The lowest BCUT2D eigenvalue weighted by molar-refractivity contribution is -0.118. The van der Waals surface area contributed by atoms with Crippen LogP contribution in [0.4, 0.5) is 5.82 Å². The monoisotopic (exact) mass is 515 g/mol. The fourth-order valence-electron chi connectivity index (χ4n) is 5.43. The van der Waals surface area contributed by atoms with E-state index < -0.39 is 0 Å². The molecule has 1 aliphatic carbocycles. The van der Waals surface area contributed by atoms with Gasteiger partial charge in [-0.3, -0.25) is 19.1 Å². The Morgan fingerprint density at radius 3 is 2.49 bits per heavy atom. The highest BCUT2D eigenvalue weighted by molar-refractivity contribution is 6.30. The molecule has 190 valence electrons. The van der Waals surface area contributed by atoms with Gasteiger partial charge in [0, 0.05) is 33.9 Å². The highest BCUT2D eigenvalue weighted by Crippen LogP contribution is 2.32. The van der Waals surface area contributed by atoms with Gasteiger partial charge in [0.05, 0.1) is 18.5 Å². The van der Waals surface area contributed by atoms with E-state index >= 15 is 0 Å². The number of aliphatic hydroxyl groups is 1. The molecule has 2 heterocycles. The quantitative estimate of drug-likeness (QED) is 0.337. The summed E-state index contributed by atoms with van der Waals surface area (Å²) in [6.45, 7) is 1.75. The van der Waals surface area contributed by atoms with E-state index in [0.717, 1.165) is 42.2 Å². The van der Waals surface area contributed by atoms with Crippen LogP contribution in [-0.4, -0.2) is 32.5 Å². The van der Waals surface area contributed by atoms with Crippen molar-refractivity contribution in [2.45, 2.75) is 58.1 Å². The van der Waals surface area contributed by atoms with Crippen LogP contribution in [0.1, 0.15) is 59.3 Å². The lowest BCUT2D eigenvalue weighted by atomic mass is 9.93. The van der Waals surface area contributed by atoms with Crippen molar-refractivity contribution < 1.29 is 14.7 Å². The Balaban J connectivity index is 1.58. The van der Waals surface area contributed by atoms with Crippen molar-refractivity contribution >= 4 is 40.1 Å². The number of nitrogens with zero attached hydrogens (tertiary/aromatic N) is 3. The number of pyridine rings is 1. The van der Waals surface area contributed by atoms with Gasteiger partial charge in [0.1, 0.15) is 5.82 Å². The minimum absolute atomic E-state index is 0.0407. The van der Waals surface area contributed by atoms with Gasteiger partial charge in [-0.1, -0.05) is 43.0 Å².